The summed E-state index contributed by atoms with van der Waals surface area (Å²) in [5, 5.41) is 10.7. The molecule has 0 saturated heterocycles. The Morgan fingerprint density at radius 1 is 1.07 bits per heavy atom. The van der Waals surface area contributed by atoms with Gasteiger partial charge in [0, 0.05) is 29.6 Å². The fourth-order valence-electron chi connectivity index (χ4n) is 3.09. The van der Waals surface area contributed by atoms with Crippen molar-refractivity contribution in [2.75, 3.05) is 7.11 Å². The molecule has 0 unspecified atom stereocenters. The van der Waals surface area contributed by atoms with E-state index in [2.05, 4.69) is 29.8 Å². The van der Waals surface area contributed by atoms with Crippen LogP contribution in [0.1, 0.15) is 0 Å². The fraction of sp³-hybridized carbons (Fsp3) is 0.0526. The lowest BCUT2D eigenvalue weighted by molar-refractivity contribution is 0.388. The van der Waals surface area contributed by atoms with Gasteiger partial charge in [-0.1, -0.05) is 5.16 Å². The quantitative estimate of drug-likeness (QED) is 0.494. The van der Waals surface area contributed by atoms with Gasteiger partial charge in [-0.05, 0) is 30.3 Å². The van der Waals surface area contributed by atoms with Gasteiger partial charge in [0.25, 0.3) is 0 Å². The first kappa shape index (κ1) is 16.1. The number of methoxy groups -OCH3 is 1. The van der Waals surface area contributed by atoms with Crippen molar-refractivity contribution in [3.05, 3.63) is 59.3 Å². The number of furan rings is 1. The average molecular weight is 375 g/mol. The highest BCUT2D eigenvalue weighted by Crippen LogP contribution is 2.38. The topological polar surface area (TPSA) is 123 Å². The van der Waals surface area contributed by atoms with Crippen LogP contribution in [0.5, 0.6) is 5.75 Å². The van der Waals surface area contributed by atoms with Crippen LogP contribution in [0.2, 0.25) is 0 Å². The number of ether oxygens (including phenoxy) is 1. The molecule has 0 saturated carbocycles. The molecule has 138 valence electrons. The van der Waals surface area contributed by atoms with Crippen molar-refractivity contribution in [2.24, 2.45) is 0 Å². The van der Waals surface area contributed by atoms with Crippen molar-refractivity contribution in [2.45, 2.75) is 0 Å². The zero-order valence-electron chi connectivity index (χ0n) is 14.6. The predicted octanol–water partition coefficient (Wildman–Crippen LogP) is 3.24. The summed E-state index contributed by atoms with van der Waals surface area (Å²) in [7, 11) is 1.58. The first-order valence-electron chi connectivity index (χ1n) is 8.36. The molecule has 0 aliphatic heterocycles. The lowest BCUT2D eigenvalue weighted by Gasteiger charge is -2.07. The largest absolute Gasteiger partial charge is 0.496 e. The number of hydrogen-bond acceptors (Lipinski definition) is 7. The number of H-pyrrole nitrogens is 2. The molecular weight excluding hydrogens is 362 g/mol. The summed E-state index contributed by atoms with van der Waals surface area (Å²) < 4.78 is 16.2. The molecule has 0 fully saturated rings. The van der Waals surface area contributed by atoms with Gasteiger partial charge < -0.3 is 9.15 Å². The molecule has 0 bridgehead atoms. The minimum Gasteiger partial charge on any atom is -0.496 e. The molecule has 0 radical (unpaired) electrons. The van der Waals surface area contributed by atoms with Crippen molar-refractivity contribution < 1.29 is 13.7 Å². The van der Waals surface area contributed by atoms with Crippen molar-refractivity contribution in [3.63, 3.8) is 0 Å². The van der Waals surface area contributed by atoms with E-state index in [1.807, 2.05) is 18.2 Å². The van der Waals surface area contributed by atoms with Crippen LogP contribution < -0.4 is 10.5 Å². The molecule has 0 atom stereocenters. The van der Waals surface area contributed by atoms with E-state index in [1.54, 1.807) is 37.7 Å². The lowest BCUT2D eigenvalue weighted by Crippen LogP contribution is -1.95. The summed E-state index contributed by atoms with van der Waals surface area (Å²) in [6.07, 6.45) is 3.39. The van der Waals surface area contributed by atoms with Gasteiger partial charge in [-0.2, -0.15) is 5.10 Å². The van der Waals surface area contributed by atoms with Gasteiger partial charge in [-0.25, -0.2) is 4.79 Å². The number of benzene rings is 1. The lowest BCUT2D eigenvalue weighted by atomic mass is 10.1. The Kier molecular flexibility index (Phi) is 3.58. The zero-order chi connectivity index (χ0) is 19.1. The highest BCUT2D eigenvalue weighted by molar-refractivity contribution is 5.92. The van der Waals surface area contributed by atoms with Gasteiger partial charge in [0.1, 0.15) is 17.0 Å². The first-order valence-corrected chi connectivity index (χ1v) is 8.36. The molecule has 5 rings (SSSR count). The normalized spacial score (nSPS) is 11.2. The third-order valence-electron chi connectivity index (χ3n) is 4.38. The average Bonchev–Trinajstić information content (AvgIpc) is 3.47. The number of aromatic nitrogens is 5. The van der Waals surface area contributed by atoms with E-state index < -0.39 is 5.76 Å². The van der Waals surface area contributed by atoms with Crippen LogP contribution in [-0.4, -0.2) is 32.4 Å². The molecule has 4 aromatic heterocycles. The number of nitrogens with one attached hydrogen (secondary N) is 2. The van der Waals surface area contributed by atoms with Crippen LogP contribution >= 0.6 is 0 Å². The molecule has 0 aliphatic rings. The second kappa shape index (κ2) is 6.23. The molecule has 28 heavy (non-hydrogen) atoms. The third kappa shape index (κ3) is 2.57. The van der Waals surface area contributed by atoms with E-state index in [-0.39, 0.29) is 0 Å². The molecule has 0 amide bonds. The molecule has 5 aromatic rings. The minimum atomic E-state index is -0.621. The Labute approximate surface area is 157 Å². The number of fused-ring (bicyclic) bond motifs is 1. The Bertz CT molecular complexity index is 1330. The molecule has 4 heterocycles. The van der Waals surface area contributed by atoms with Crippen LogP contribution in [0.4, 0.5) is 0 Å². The Morgan fingerprint density at radius 2 is 2.00 bits per heavy atom. The molecule has 2 N–H and O–H groups in total. The Morgan fingerprint density at radius 3 is 2.75 bits per heavy atom. The number of rotatable bonds is 4. The van der Waals surface area contributed by atoms with E-state index in [0.29, 0.717) is 39.6 Å². The van der Waals surface area contributed by atoms with E-state index in [0.717, 1.165) is 11.3 Å². The summed E-state index contributed by atoms with van der Waals surface area (Å²) >= 11 is 0. The van der Waals surface area contributed by atoms with Gasteiger partial charge in [0.15, 0.2) is 11.4 Å². The van der Waals surface area contributed by atoms with Crippen molar-refractivity contribution >= 4 is 11.1 Å². The third-order valence-corrected chi connectivity index (χ3v) is 4.38. The zero-order valence-corrected chi connectivity index (χ0v) is 14.6. The first-order chi connectivity index (χ1) is 13.7. The smallest absolute Gasteiger partial charge is 0.439 e. The van der Waals surface area contributed by atoms with Gasteiger partial charge >= 0.3 is 5.76 Å². The predicted molar refractivity (Wildman–Crippen MR) is 99.7 cm³/mol. The van der Waals surface area contributed by atoms with Gasteiger partial charge in [0.2, 0.25) is 0 Å². The summed E-state index contributed by atoms with van der Waals surface area (Å²) in [5.74, 6) is 0.876. The summed E-state index contributed by atoms with van der Waals surface area (Å²) in [5.41, 5.74) is 4.36. The van der Waals surface area contributed by atoms with Crippen LogP contribution in [0, 0.1) is 0 Å². The van der Waals surface area contributed by atoms with Gasteiger partial charge in [-0.15, -0.1) is 0 Å². The monoisotopic (exact) mass is 375 g/mol. The van der Waals surface area contributed by atoms with Crippen LogP contribution in [0.15, 0.2) is 62.5 Å². The maximum Gasteiger partial charge on any atom is 0.439 e. The maximum atomic E-state index is 11.3. The summed E-state index contributed by atoms with van der Waals surface area (Å²) in [6, 6.07) is 10.9. The molecule has 9 heteroatoms. The Balaban J connectivity index is 1.69. The maximum absolute atomic E-state index is 11.3. The molecular formula is C19H13N5O4. The van der Waals surface area contributed by atoms with Crippen LogP contribution in [-0.2, 0) is 0 Å². The van der Waals surface area contributed by atoms with Crippen molar-refractivity contribution in [1.29, 1.82) is 0 Å². The second-order valence-electron chi connectivity index (χ2n) is 6.01. The SMILES string of the molecule is COc1ccc(-c2noc(=O)[nH]2)cc1-c1cc2nccc(-c3ccn[nH]3)c2o1. The summed E-state index contributed by atoms with van der Waals surface area (Å²) in [4.78, 5) is 18.2. The number of pyridine rings is 1. The Hall–Kier alpha value is -4.14. The standard InChI is InChI=1S/C19H13N5O4/c1-26-15-3-2-10(18-22-19(25)28-24-18)8-12(15)16-9-14-17(27-16)11(4-6-20-14)13-5-7-21-23-13/h2-9H,1H3,(H,21,23)(H,22,24,25). The molecule has 1 aromatic carbocycles. The van der Waals surface area contributed by atoms with Crippen LogP contribution in [0.25, 0.3) is 45.1 Å². The van der Waals surface area contributed by atoms with Gasteiger partial charge in [-0.3, -0.25) is 19.6 Å². The van der Waals surface area contributed by atoms with Crippen molar-refractivity contribution in [3.8, 4) is 39.7 Å². The number of nitrogens with zero attached hydrogens (tertiary/aromatic N) is 3. The van der Waals surface area contributed by atoms with Gasteiger partial charge in [0.05, 0.1) is 18.4 Å². The van der Waals surface area contributed by atoms with E-state index in [4.69, 9.17) is 9.15 Å². The van der Waals surface area contributed by atoms with Crippen LogP contribution in [0.3, 0.4) is 0 Å². The van der Waals surface area contributed by atoms with E-state index in [1.165, 1.54) is 0 Å². The van der Waals surface area contributed by atoms with E-state index >= 15 is 0 Å². The highest BCUT2D eigenvalue weighted by Gasteiger charge is 2.17. The molecule has 9 nitrogen and oxygen atoms in total. The molecule has 0 spiro atoms. The van der Waals surface area contributed by atoms with Crippen molar-refractivity contribution in [1.82, 2.24) is 25.3 Å². The minimum absolute atomic E-state index is 0.321. The number of hydrogen-bond donors (Lipinski definition) is 2. The second-order valence-corrected chi connectivity index (χ2v) is 6.01. The highest BCUT2D eigenvalue weighted by atomic mass is 16.5. The fourth-order valence-corrected chi connectivity index (χ4v) is 3.09. The molecule has 0 aliphatic carbocycles. The number of aromatic amines is 2. The summed E-state index contributed by atoms with van der Waals surface area (Å²) in [6.45, 7) is 0. The van der Waals surface area contributed by atoms with E-state index in [9.17, 15) is 4.79 Å².